The third kappa shape index (κ3) is 10.1. The molecule has 9 heteroatoms. The molecule has 0 aromatic carbocycles. The van der Waals surface area contributed by atoms with Gasteiger partial charge < -0.3 is 30.5 Å². The zero-order valence-electron chi connectivity index (χ0n) is 27.0. The molecule has 1 heterocycles. The molecular weight excluding hydrogens is 534 g/mol. The molecule has 0 aromatic heterocycles. The van der Waals surface area contributed by atoms with Crippen molar-refractivity contribution in [2.24, 2.45) is 17.3 Å². The Morgan fingerprint density at radius 1 is 0.905 bits per heavy atom. The molecule has 2 aliphatic carbocycles. The van der Waals surface area contributed by atoms with Crippen LogP contribution in [0.2, 0.25) is 0 Å². The highest BCUT2D eigenvalue weighted by Crippen LogP contribution is 2.37. The summed E-state index contributed by atoms with van der Waals surface area (Å²) in [5, 5.41) is 19.5. The van der Waals surface area contributed by atoms with Gasteiger partial charge in [0.2, 0.25) is 5.91 Å². The number of urea groups is 1. The predicted molar refractivity (Wildman–Crippen MR) is 164 cm³/mol. The van der Waals surface area contributed by atoms with E-state index in [2.05, 4.69) is 22.9 Å². The molecule has 242 valence electrons. The van der Waals surface area contributed by atoms with Crippen LogP contribution in [-0.4, -0.2) is 59.6 Å². The van der Waals surface area contributed by atoms with Gasteiger partial charge in [-0.15, -0.1) is 0 Å². The number of ether oxygens (including phenoxy) is 2. The second-order valence-corrected chi connectivity index (χ2v) is 14.4. The van der Waals surface area contributed by atoms with Crippen molar-refractivity contribution in [3.63, 3.8) is 0 Å². The van der Waals surface area contributed by atoms with Crippen molar-refractivity contribution >= 4 is 17.9 Å². The topological polar surface area (TPSA) is 126 Å². The van der Waals surface area contributed by atoms with Gasteiger partial charge in [0, 0.05) is 23.5 Å². The Labute approximate surface area is 254 Å². The minimum absolute atomic E-state index is 0.00175. The van der Waals surface area contributed by atoms with Crippen molar-refractivity contribution < 1.29 is 29.0 Å². The van der Waals surface area contributed by atoms with Crippen molar-refractivity contribution in [3.05, 3.63) is 0 Å². The van der Waals surface area contributed by atoms with Crippen molar-refractivity contribution in [2.45, 2.75) is 161 Å². The highest BCUT2D eigenvalue weighted by Gasteiger charge is 2.46. The number of hydrogen-bond acceptors (Lipinski definition) is 5. The number of rotatable bonds is 16. The standard InChI is InChI=1S/C33H59N3O6/c1-6-7-8-9-10-11-12-13-19-33(20-14-15-21-33)36-30(40)35-26-18-16-17-24(26)25(29(38)39)22-34-28(37)27-31(2,3)23-41-32(4,5)42-27/h24-27H,6-23H2,1-5H3,(H,34,37)(H,38,39)(H2,35,36,40). The Bertz CT molecular complexity index is 885. The Morgan fingerprint density at radius 2 is 1.55 bits per heavy atom. The summed E-state index contributed by atoms with van der Waals surface area (Å²) in [7, 11) is 0. The fraction of sp³-hybridized carbons (Fsp3) is 0.909. The van der Waals surface area contributed by atoms with E-state index in [0.29, 0.717) is 13.0 Å². The SMILES string of the molecule is CCCCCCCCCCC1(NC(=O)NC2CCCC2C(CNC(=O)C2OC(C)(C)OCC2(C)C)C(=O)O)CCCC1. The summed E-state index contributed by atoms with van der Waals surface area (Å²) in [6, 6.07) is -0.416. The van der Waals surface area contributed by atoms with Gasteiger partial charge in [-0.1, -0.05) is 91.4 Å². The molecular formula is C33H59N3O6. The van der Waals surface area contributed by atoms with Gasteiger partial charge in [0.25, 0.3) is 0 Å². The second-order valence-electron chi connectivity index (χ2n) is 14.4. The molecule has 3 amide bonds. The summed E-state index contributed by atoms with van der Waals surface area (Å²) < 4.78 is 11.6. The minimum Gasteiger partial charge on any atom is -0.481 e. The van der Waals surface area contributed by atoms with Crippen LogP contribution in [0.5, 0.6) is 0 Å². The lowest BCUT2D eigenvalue weighted by atomic mass is 9.84. The number of nitrogens with one attached hydrogen (secondary N) is 3. The van der Waals surface area contributed by atoms with Crippen molar-refractivity contribution in [1.82, 2.24) is 16.0 Å². The third-order valence-electron chi connectivity index (χ3n) is 9.81. The van der Waals surface area contributed by atoms with E-state index in [-0.39, 0.29) is 36.0 Å². The monoisotopic (exact) mass is 593 g/mol. The number of aliphatic carboxylic acids is 1. The maximum atomic E-state index is 13.3. The molecule has 3 aliphatic rings. The molecule has 3 rings (SSSR count). The van der Waals surface area contributed by atoms with E-state index in [1.165, 1.54) is 44.9 Å². The fourth-order valence-corrected chi connectivity index (χ4v) is 7.23. The molecule has 4 N–H and O–H groups in total. The third-order valence-corrected chi connectivity index (χ3v) is 9.81. The zero-order valence-corrected chi connectivity index (χ0v) is 27.0. The molecule has 42 heavy (non-hydrogen) atoms. The summed E-state index contributed by atoms with van der Waals surface area (Å²) in [6.07, 6.45) is 17.0. The summed E-state index contributed by atoms with van der Waals surface area (Å²) >= 11 is 0. The molecule has 1 aliphatic heterocycles. The van der Waals surface area contributed by atoms with Crippen LogP contribution in [0.15, 0.2) is 0 Å². The van der Waals surface area contributed by atoms with Crippen LogP contribution in [0.1, 0.15) is 137 Å². The number of carbonyl (C=O) groups is 3. The highest BCUT2D eigenvalue weighted by molar-refractivity contribution is 5.82. The smallest absolute Gasteiger partial charge is 0.315 e. The summed E-state index contributed by atoms with van der Waals surface area (Å²) in [4.78, 5) is 38.8. The van der Waals surface area contributed by atoms with Gasteiger partial charge in [0.1, 0.15) is 6.10 Å². The molecule has 2 saturated carbocycles. The lowest BCUT2D eigenvalue weighted by Gasteiger charge is -2.44. The van der Waals surface area contributed by atoms with Crippen LogP contribution >= 0.6 is 0 Å². The first-order valence-corrected chi connectivity index (χ1v) is 16.8. The van der Waals surface area contributed by atoms with Crippen LogP contribution in [0.25, 0.3) is 0 Å². The van der Waals surface area contributed by atoms with Gasteiger partial charge >= 0.3 is 12.0 Å². The van der Waals surface area contributed by atoms with Gasteiger partial charge in [-0.2, -0.15) is 0 Å². The molecule has 0 aromatic rings. The Morgan fingerprint density at radius 3 is 2.19 bits per heavy atom. The number of carboxylic acids is 1. The summed E-state index contributed by atoms with van der Waals surface area (Å²) in [5.74, 6) is -3.21. The van der Waals surface area contributed by atoms with E-state index in [1.807, 2.05) is 13.8 Å². The Hall–Kier alpha value is -1.87. The molecule has 4 atom stereocenters. The van der Waals surface area contributed by atoms with Crippen LogP contribution in [-0.2, 0) is 19.1 Å². The highest BCUT2D eigenvalue weighted by atomic mass is 16.7. The quantitative estimate of drug-likeness (QED) is 0.156. The van der Waals surface area contributed by atoms with Gasteiger partial charge in [-0.05, 0) is 51.9 Å². The molecule has 3 fully saturated rings. The first-order chi connectivity index (χ1) is 19.9. The summed E-state index contributed by atoms with van der Waals surface area (Å²) in [6.45, 7) is 9.96. The number of hydrogen-bond donors (Lipinski definition) is 4. The lowest BCUT2D eigenvalue weighted by Crippen LogP contribution is -2.57. The van der Waals surface area contributed by atoms with Gasteiger partial charge in [0.05, 0.1) is 12.5 Å². The van der Waals surface area contributed by atoms with Crippen LogP contribution in [0.4, 0.5) is 4.79 Å². The Balaban J connectivity index is 1.51. The second kappa shape index (κ2) is 15.7. The van der Waals surface area contributed by atoms with E-state index >= 15 is 0 Å². The maximum Gasteiger partial charge on any atom is 0.315 e. The number of carbonyl (C=O) groups excluding carboxylic acids is 2. The van der Waals surface area contributed by atoms with Crippen LogP contribution in [0, 0.1) is 17.3 Å². The average molecular weight is 594 g/mol. The lowest BCUT2D eigenvalue weighted by molar-refractivity contribution is -0.304. The first-order valence-electron chi connectivity index (χ1n) is 16.8. The van der Waals surface area contributed by atoms with E-state index in [0.717, 1.165) is 51.4 Å². The largest absolute Gasteiger partial charge is 0.481 e. The molecule has 0 radical (unpaired) electrons. The van der Waals surface area contributed by atoms with Crippen molar-refractivity contribution in [3.8, 4) is 0 Å². The fourth-order valence-electron chi connectivity index (χ4n) is 7.23. The Kier molecular flexibility index (Phi) is 13.0. The molecule has 1 saturated heterocycles. The first kappa shape index (κ1) is 34.6. The molecule has 0 bridgehead atoms. The minimum atomic E-state index is -0.955. The van der Waals surface area contributed by atoms with Gasteiger partial charge in [0.15, 0.2) is 5.79 Å². The van der Waals surface area contributed by atoms with Gasteiger partial charge in [-0.3, -0.25) is 9.59 Å². The molecule has 4 unspecified atom stereocenters. The zero-order chi connectivity index (χ0) is 30.8. The van der Waals surface area contributed by atoms with E-state index < -0.39 is 29.2 Å². The average Bonchev–Trinajstić information content (AvgIpc) is 3.57. The van der Waals surface area contributed by atoms with Crippen LogP contribution in [0.3, 0.4) is 0 Å². The maximum absolute atomic E-state index is 13.3. The molecule has 0 spiro atoms. The number of amides is 3. The van der Waals surface area contributed by atoms with E-state index in [4.69, 9.17) is 9.47 Å². The number of unbranched alkanes of at least 4 members (excludes halogenated alkanes) is 7. The van der Waals surface area contributed by atoms with Gasteiger partial charge in [-0.25, -0.2) is 4.79 Å². The van der Waals surface area contributed by atoms with Crippen molar-refractivity contribution in [1.29, 1.82) is 0 Å². The van der Waals surface area contributed by atoms with Crippen LogP contribution < -0.4 is 16.0 Å². The predicted octanol–water partition coefficient (Wildman–Crippen LogP) is 6.29. The normalized spacial score (nSPS) is 26.8. The van der Waals surface area contributed by atoms with E-state index in [1.54, 1.807) is 13.8 Å². The number of carboxylic acid groups (broad SMARTS) is 1. The van der Waals surface area contributed by atoms with Crippen molar-refractivity contribution in [2.75, 3.05) is 13.2 Å². The summed E-state index contributed by atoms with van der Waals surface area (Å²) in [5.41, 5.74) is -0.691. The molecule has 9 nitrogen and oxygen atoms in total. The van der Waals surface area contributed by atoms with E-state index in [9.17, 15) is 19.5 Å².